The molecule has 5 heteroatoms. The molecule has 298 valence electrons. The molecule has 0 saturated carbocycles. The fourth-order valence-corrected chi connectivity index (χ4v) is 10.7. The van der Waals surface area contributed by atoms with Gasteiger partial charge in [-0.25, -0.2) is 15.0 Å². The van der Waals surface area contributed by atoms with Crippen LogP contribution in [-0.2, 0) is 0 Å². The van der Waals surface area contributed by atoms with Crippen molar-refractivity contribution < 1.29 is 0 Å². The zero-order valence-corrected chi connectivity index (χ0v) is 35.3. The summed E-state index contributed by atoms with van der Waals surface area (Å²) in [5.41, 5.74) is 13.7. The molecule has 4 nitrogen and oxygen atoms in total. The molecule has 4 aromatic heterocycles. The third-order valence-electron chi connectivity index (χ3n) is 12.6. The summed E-state index contributed by atoms with van der Waals surface area (Å²) in [6.07, 6.45) is 0. The normalized spacial score (nSPS) is 11.8. The van der Waals surface area contributed by atoms with Crippen molar-refractivity contribution >= 4 is 75.0 Å². The number of hydrogen-bond donors (Lipinski definition) is 0. The van der Waals surface area contributed by atoms with Gasteiger partial charge in [-0.05, 0) is 77.9 Å². The highest BCUT2D eigenvalue weighted by molar-refractivity contribution is 7.26. The highest BCUT2D eigenvalue weighted by atomic mass is 32.1. The van der Waals surface area contributed by atoms with Crippen LogP contribution in [0.25, 0.3) is 126 Å². The van der Waals surface area contributed by atoms with E-state index in [2.05, 4.69) is 217 Å². The van der Waals surface area contributed by atoms with E-state index >= 15 is 0 Å². The van der Waals surface area contributed by atoms with Crippen molar-refractivity contribution in [1.29, 1.82) is 0 Å². The molecule has 0 aliphatic heterocycles. The largest absolute Gasteiger partial charge is 0.309 e. The van der Waals surface area contributed by atoms with E-state index in [9.17, 15) is 0 Å². The molecule has 0 saturated heterocycles. The Kier molecular flexibility index (Phi) is 8.36. The van der Waals surface area contributed by atoms with Crippen LogP contribution in [0.2, 0.25) is 0 Å². The zero-order valence-electron chi connectivity index (χ0n) is 34.5. The molecule has 0 unspecified atom stereocenters. The Hall–Kier alpha value is -8.25. The number of thiophene rings is 1. The van der Waals surface area contributed by atoms with Crippen LogP contribution in [0.15, 0.2) is 218 Å². The van der Waals surface area contributed by atoms with Crippen LogP contribution in [0.5, 0.6) is 0 Å². The van der Waals surface area contributed by atoms with Crippen LogP contribution in [-0.4, -0.2) is 19.5 Å². The van der Waals surface area contributed by atoms with E-state index in [0.717, 1.165) is 61.6 Å². The number of fused-ring (bicyclic) bond motifs is 10. The first-order chi connectivity index (χ1) is 31.7. The van der Waals surface area contributed by atoms with Crippen molar-refractivity contribution in [3.63, 3.8) is 0 Å². The summed E-state index contributed by atoms with van der Waals surface area (Å²) in [5.74, 6) is 0.694. The lowest BCUT2D eigenvalue weighted by molar-refractivity contribution is 1.17. The van der Waals surface area contributed by atoms with Gasteiger partial charge in [0.05, 0.1) is 33.6 Å². The third-order valence-corrected chi connectivity index (χ3v) is 13.7. The number of aromatic nitrogens is 4. The number of nitrogens with zero attached hydrogens (tertiary/aromatic N) is 4. The minimum atomic E-state index is 0.694. The van der Waals surface area contributed by atoms with E-state index in [0.29, 0.717) is 5.82 Å². The molecule has 0 aliphatic rings. The second-order valence-corrected chi connectivity index (χ2v) is 17.4. The molecule has 0 amide bonds. The van der Waals surface area contributed by atoms with Gasteiger partial charge >= 0.3 is 0 Å². The minimum absolute atomic E-state index is 0.694. The van der Waals surface area contributed by atoms with Crippen molar-refractivity contribution in [2.24, 2.45) is 0 Å². The molecule has 9 aromatic carbocycles. The summed E-state index contributed by atoms with van der Waals surface area (Å²) in [5, 5.41) is 8.52. The SMILES string of the molecule is c1ccc(-c2cc(-c3ccc(-c4ccc5sc6ccc7c(-c8ccccc8)nc8ccccc8c7c6c5c4)cc3)nc(-c3ccc4c(c3)c3ccccc3n4-c3ccccc3)n2)cc1. The molecular weight excluding hydrogens is 797 g/mol. The monoisotopic (exact) mass is 832 g/mol. The first-order valence-electron chi connectivity index (χ1n) is 21.6. The van der Waals surface area contributed by atoms with E-state index in [1.54, 1.807) is 0 Å². The maximum Gasteiger partial charge on any atom is 0.160 e. The van der Waals surface area contributed by atoms with Crippen molar-refractivity contribution in [2.45, 2.75) is 0 Å². The molecule has 0 radical (unpaired) electrons. The van der Waals surface area contributed by atoms with E-state index in [1.165, 1.54) is 58.2 Å². The summed E-state index contributed by atoms with van der Waals surface area (Å²) in [6.45, 7) is 0. The second-order valence-electron chi connectivity index (χ2n) is 16.3. The fraction of sp³-hybridized carbons (Fsp3) is 0. The van der Waals surface area contributed by atoms with Gasteiger partial charge in [0.25, 0.3) is 0 Å². The topological polar surface area (TPSA) is 43.6 Å². The third kappa shape index (κ3) is 5.93. The smallest absolute Gasteiger partial charge is 0.160 e. The number of pyridine rings is 1. The highest BCUT2D eigenvalue weighted by Gasteiger charge is 2.19. The van der Waals surface area contributed by atoms with Crippen molar-refractivity contribution in [3.05, 3.63) is 218 Å². The average Bonchev–Trinajstić information content (AvgIpc) is 3.92. The van der Waals surface area contributed by atoms with Gasteiger partial charge in [0, 0.05) is 75.0 Å². The Morgan fingerprint density at radius 3 is 1.69 bits per heavy atom. The van der Waals surface area contributed by atoms with Crippen LogP contribution in [0, 0.1) is 0 Å². The summed E-state index contributed by atoms with van der Waals surface area (Å²) >= 11 is 1.85. The lowest BCUT2D eigenvalue weighted by Gasteiger charge is -2.12. The van der Waals surface area contributed by atoms with E-state index in [-0.39, 0.29) is 0 Å². The maximum absolute atomic E-state index is 5.28. The zero-order chi connectivity index (χ0) is 42.1. The summed E-state index contributed by atoms with van der Waals surface area (Å²) < 4.78 is 4.89. The number of hydrogen-bond acceptors (Lipinski definition) is 4. The van der Waals surface area contributed by atoms with Crippen molar-refractivity contribution in [1.82, 2.24) is 19.5 Å². The van der Waals surface area contributed by atoms with Gasteiger partial charge in [-0.2, -0.15) is 0 Å². The molecule has 13 rings (SSSR count). The molecule has 0 spiro atoms. The Morgan fingerprint density at radius 2 is 0.906 bits per heavy atom. The Balaban J connectivity index is 0.929. The maximum atomic E-state index is 5.28. The van der Waals surface area contributed by atoms with Crippen molar-refractivity contribution in [3.8, 4) is 62.0 Å². The summed E-state index contributed by atoms with van der Waals surface area (Å²) in [7, 11) is 0. The number of benzene rings is 9. The van der Waals surface area contributed by atoms with E-state index in [1.807, 2.05) is 17.4 Å². The number of rotatable bonds is 6. The van der Waals surface area contributed by atoms with Gasteiger partial charge in [-0.15, -0.1) is 11.3 Å². The lowest BCUT2D eigenvalue weighted by Crippen LogP contribution is -1.96. The van der Waals surface area contributed by atoms with Crippen LogP contribution in [0.3, 0.4) is 0 Å². The molecule has 0 atom stereocenters. The second kappa shape index (κ2) is 14.7. The lowest BCUT2D eigenvalue weighted by atomic mass is 9.95. The van der Waals surface area contributed by atoms with Crippen LogP contribution < -0.4 is 0 Å². The van der Waals surface area contributed by atoms with Crippen LogP contribution in [0.4, 0.5) is 0 Å². The van der Waals surface area contributed by atoms with Gasteiger partial charge in [-0.1, -0.05) is 152 Å². The van der Waals surface area contributed by atoms with Crippen molar-refractivity contribution in [2.75, 3.05) is 0 Å². The molecule has 4 heterocycles. The predicted molar refractivity (Wildman–Crippen MR) is 269 cm³/mol. The first-order valence-corrected chi connectivity index (χ1v) is 22.4. The summed E-state index contributed by atoms with van der Waals surface area (Å²) in [6, 6.07) is 77.8. The predicted octanol–water partition coefficient (Wildman–Crippen LogP) is 16.0. The van der Waals surface area contributed by atoms with E-state index < -0.39 is 0 Å². The van der Waals surface area contributed by atoms with Gasteiger partial charge in [-0.3, -0.25) is 0 Å². The minimum Gasteiger partial charge on any atom is -0.309 e. The Morgan fingerprint density at radius 1 is 0.328 bits per heavy atom. The molecule has 0 bridgehead atoms. The molecule has 13 aromatic rings. The number of para-hydroxylation sites is 3. The van der Waals surface area contributed by atoms with Gasteiger partial charge in [0.15, 0.2) is 5.82 Å². The Bertz CT molecular complexity index is 3930. The molecular formula is C59H36N4S. The van der Waals surface area contributed by atoms with Gasteiger partial charge in [0.1, 0.15) is 0 Å². The molecule has 0 N–H and O–H groups in total. The summed E-state index contributed by atoms with van der Waals surface area (Å²) in [4.78, 5) is 15.7. The van der Waals surface area contributed by atoms with Gasteiger partial charge < -0.3 is 4.57 Å². The first kappa shape index (κ1) is 36.4. The molecule has 0 fully saturated rings. The average molecular weight is 833 g/mol. The van der Waals surface area contributed by atoms with E-state index in [4.69, 9.17) is 15.0 Å². The molecule has 64 heavy (non-hydrogen) atoms. The molecule has 0 aliphatic carbocycles. The Labute approximate surface area is 373 Å². The highest BCUT2D eigenvalue weighted by Crippen LogP contribution is 2.45. The van der Waals surface area contributed by atoms with Crippen LogP contribution in [0.1, 0.15) is 0 Å². The van der Waals surface area contributed by atoms with Crippen LogP contribution >= 0.6 is 11.3 Å². The standard InChI is InChI=1S/C59H36N4S/c1-4-14-38(15-5-1)50-36-51(62-59(61-50)42-28-31-53-47(35-42)44-20-11-13-23-52(44)63(53)43-18-8-3-9-19-43)39-26-24-37(25-27-39)41-29-32-54-48(34-41)57-55(64-54)33-30-46-56(57)45-21-10-12-22-49(45)60-58(46)40-16-6-2-7-17-40/h1-36H. The fourth-order valence-electron chi connectivity index (χ4n) is 9.59. The quantitative estimate of drug-likeness (QED) is 0.157. The van der Waals surface area contributed by atoms with Gasteiger partial charge in [0.2, 0.25) is 0 Å².